The number of rotatable bonds is 13. The number of hydrogen-bond acceptors (Lipinski definition) is 4. The number of ether oxygens (including phenoxy) is 1. The summed E-state index contributed by atoms with van der Waals surface area (Å²) in [6.07, 6.45) is 4.23. The second-order valence-corrected chi connectivity index (χ2v) is 8.45. The third-order valence-electron chi connectivity index (χ3n) is 4.27. The van der Waals surface area contributed by atoms with Crippen LogP contribution < -0.4 is 16.0 Å². The monoisotopic (exact) mass is 437 g/mol. The van der Waals surface area contributed by atoms with Crippen LogP contribution in [0.2, 0.25) is 0 Å². The lowest BCUT2D eigenvalue weighted by molar-refractivity contribution is -0.121. The van der Waals surface area contributed by atoms with Crippen LogP contribution in [0.4, 0.5) is 9.18 Å². The Morgan fingerprint density at radius 2 is 1.35 bits per heavy atom. The van der Waals surface area contributed by atoms with E-state index < -0.39 is 11.7 Å². The lowest BCUT2D eigenvalue weighted by atomic mass is 10.1. The number of benzene rings is 1. The van der Waals surface area contributed by atoms with Gasteiger partial charge in [-0.2, -0.15) is 0 Å². The molecule has 0 aliphatic rings. The van der Waals surface area contributed by atoms with Gasteiger partial charge in [-0.25, -0.2) is 9.18 Å². The average molecular weight is 438 g/mol. The highest BCUT2D eigenvalue weighted by atomic mass is 19.1. The number of carbonyl (C=O) groups excluding carboxylic acids is 3. The second-order valence-electron chi connectivity index (χ2n) is 8.45. The Hall–Kier alpha value is -2.64. The number of halogens is 1. The van der Waals surface area contributed by atoms with Gasteiger partial charge in [-0.1, -0.05) is 18.6 Å². The lowest BCUT2D eigenvalue weighted by Crippen LogP contribution is -2.33. The summed E-state index contributed by atoms with van der Waals surface area (Å²) < 4.78 is 18.0. The smallest absolute Gasteiger partial charge is 0.407 e. The van der Waals surface area contributed by atoms with Crippen LogP contribution in [0.25, 0.3) is 0 Å². The van der Waals surface area contributed by atoms with E-state index in [-0.39, 0.29) is 24.1 Å². The minimum Gasteiger partial charge on any atom is -0.444 e. The van der Waals surface area contributed by atoms with E-state index in [2.05, 4.69) is 16.0 Å². The van der Waals surface area contributed by atoms with Gasteiger partial charge in [-0.3, -0.25) is 9.59 Å². The van der Waals surface area contributed by atoms with Crippen molar-refractivity contribution in [3.8, 4) is 0 Å². The fraction of sp³-hybridized carbons (Fsp3) is 0.609. The molecule has 3 amide bonds. The number of alkyl carbamates (subject to hydrolysis) is 1. The molecule has 0 saturated carbocycles. The molecule has 0 spiro atoms. The van der Waals surface area contributed by atoms with Crippen molar-refractivity contribution < 1.29 is 23.5 Å². The van der Waals surface area contributed by atoms with Gasteiger partial charge in [0.05, 0.1) is 6.42 Å². The fourth-order valence-corrected chi connectivity index (χ4v) is 2.74. The molecule has 0 saturated heterocycles. The number of unbranched alkanes of at least 4 members (excludes halogenated alkanes) is 3. The second kappa shape index (κ2) is 14.4. The van der Waals surface area contributed by atoms with Crippen LogP contribution in [0, 0.1) is 5.82 Å². The highest BCUT2D eigenvalue weighted by Gasteiger charge is 2.15. The summed E-state index contributed by atoms with van der Waals surface area (Å²) in [6, 6.07) is 5.88. The standard InChI is InChI=1S/C23H36FN3O4/c1-23(2,3)31-22(30)27-16-6-4-5-9-20(28)25-14-7-8-15-26-21(29)17-18-10-12-19(24)13-11-18/h10-13H,4-9,14-17H2,1-3H3,(H,25,28)(H,26,29)(H,27,30). The Bertz CT molecular complexity index is 687. The predicted octanol–water partition coefficient (Wildman–Crippen LogP) is 3.47. The van der Waals surface area contributed by atoms with Crippen molar-refractivity contribution >= 4 is 17.9 Å². The summed E-state index contributed by atoms with van der Waals surface area (Å²) in [5, 5.41) is 8.40. The molecular weight excluding hydrogens is 401 g/mol. The van der Waals surface area contributed by atoms with Crippen molar-refractivity contribution in [1.29, 1.82) is 0 Å². The molecule has 0 fully saturated rings. The van der Waals surface area contributed by atoms with Crippen LogP contribution in [-0.2, 0) is 20.7 Å². The van der Waals surface area contributed by atoms with E-state index in [0.29, 0.717) is 26.1 Å². The largest absolute Gasteiger partial charge is 0.444 e. The average Bonchev–Trinajstić information content (AvgIpc) is 2.67. The van der Waals surface area contributed by atoms with Gasteiger partial charge in [0.1, 0.15) is 11.4 Å². The van der Waals surface area contributed by atoms with Crippen LogP contribution in [0.3, 0.4) is 0 Å². The van der Waals surface area contributed by atoms with Crippen molar-refractivity contribution in [3.63, 3.8) is 0 Å². The van der Waals surface area contributed by atoms with Crippen molar-refractivity contribution in [2.75, 3.05) is 19.6 Å². The first kappa shape index (κ1) is 26.4. The van der Waals surface area contributed by atoms with E-state index >= 15 is 0 Å². The quantitative estimate of drug-likeness (QED) is 0.412. The molecule has 8 heteroatoms. The fourth-order valence-electron chi connectivity index (χ4n) is 2.74. The Morgan fingerprint density at radius 1 is 0.806 bits per heavy atom. The number of carbonyl (C=O) groups is 3. The van der Waals surface area contributed by atoms with Crippen molar-refractivity contribution in [2.24, 2.45) is 0 Å². The molecule has 1 rings (SSSR count). The van der Waals surface area contributed by atoms with Gasteiger partial charge < -0.3 is 20.7 Å². The van der Waals surface area contributed by atoms with Crippen LogP contribution in [0.1, 0.15) is 64.9 Å². The van der Waals surface area contributed by atoms with E-state index in [1.54, 1.807) is 12.1 Å². The number of nitrogens with one attached hydrogen (secondary N) is 3. The number of hydrogen-bond donors (Lipinski definition) is 3. The molecule has 0 heterocycles. The minimum atomic E-state index is -0.502. The van der Waals surface area contributed by atoms with Crippen LogP contribution in [0.5, 0.6) is 0 Å². The van der Waals surface area contributed by atoms with E-state index in [0.717, 1.165) is 37.7 Å². The lowest BCUT2D eigenvalue weighted by Gasteiger charge is -2.19. The zero-order valence-electron chi connectivity index (χ0n) is 18.9. The minimum absolute atomic E-state index is 0.0143. The van der Waals surface area contributed by atoms with Crippen LogP contribution in [0.15, 0.2) is 24.3 Å². The molecule has 0 bridgehead atoms. The van der Waals surface area contributed by atoms with Gasteiger partial charge in [-0.05, 0) is 64.2 Å². The first-order valence-corrected chi connectivity index (χ1v) is 10.9. The summed E-state index contributed by atoms with van der Waals surface area (Å²) in [4.78, 5) is 35.1. The summed E-state index contributed by atoms with van der Waals surface area (Å²) in [5.74, 6) is -0.404. The van der Waals surface area contributed by atoms with Crippen molar-refractivity contribution in [2.45, 2.75) is 71.3 Å². The van der Waals surface area contributed by atoms with Gasteiger partial charge >= 0.3 is 6.09 Å². The zero-order valence-corrected chi connectivity index (χ0v) is 18.9. The Kier molecular flexibility index (Phi) is 12.2. The molecule has 174 valence electrons. The first-order chi connectivity index (χ1) is 14.7. The van der Waals surface area contributed by atoms with Crippen molar-refractivity contribution in [3.05, 3.63) is 35.6 Å². The van der Waals surface area contributed by atoms with E-state index in [1.807, 2.05) is 20.8 Å². The van der Waals surface area contributed by atoms with Crippen LogP contribution >= 0.6 is 0 Å². The first-order valence-electron chi connectivity index (χ1n) is 10.9. The highest BCUT2D eigenvalue weighted by molar-refractivity contribution is 5.78. The van der Waals surface area contributed by atoms with E-state index in [1.165, 1.54) is 12.1 Å². The third-order valence-corrected chi connectivity index (χ3v) is 4.27. The Labute approximate surface area is 184 Å². The molecule has 0 aliphatic heterocycles. The molecule has 1 aromatic carbocycles. The third kappa shape index (κ3) is 14.9. The maximum absolute atomic E-state index is 12.8. The van der Waals surface area contributed by atoms with Gasteiger partial charge in [0.25, 0.3) is 0 Å². The molecule has 7 nitrogen and oxygen atoms in total. The van der Waals surface area contributed by atoms with Gasteiger partial charge in [0.2, 0.25) is 11.8 Å². The van der Waals surface area contributed by atoms with E-state index in [4.69, 9.17) is 4.74 Å². The Balaban J connectivity index is 1.94. The topological polar surface area (TPSA) is 96.5 Å². The molecule has 3 N–H and O–H groups in total. The van der Waals surface area contributed by atoms with Gasteiger partial charge in [0, 0.05) is 26.1 Å². The molecule has 0 radical (unpaired) electrons. The normalized spacial score (nSPS) is 11.0. The molecule has 1 aromatic rings. The van der Waals surface area contributed by atoms with E-state index in [9.17, 15) is 18.8 Å². The molecule has 31 heavy (non-hydrogen) atoms. The molecule has 0 aliphatic carbocycles. The zero-order chi connectivity index (χ0) is 23.1. The number of amides is 3. The van der Waals surface area contributed by atoms with Crippen LogP contribution in [-0.4, -0.2) is 43.1 Å². The predicted molar refractivity (Wildman–Crippen MR) is 118 cm³/mol. The summed E-state index contributed by atoms with van der Waals surface area (Å²) in [5.41, 5.74) is 0.268. The summed E-state index contributed by atoms with van der Waals surface area (Å²) in [7, 11) is 0. The maximum Gasteiger partial charge on any atom is 0.407 e. The molecular formula is C23H36FN3O4. The van der Waals surface area contributed by atoms with Gasteiger partial charge in [-0.15, -0.1) is 0 Å². The van der Waals surface area contributed by atoms with Crippen molar-refractivity contribution in [1.82, 2.24) is 16.0 Å². The summed E-state index contributed by atoms with van der Waals surface area (Å²) in [6.45, 7) is 7.10. The molecule has 0 atom stereocenters. The summed E-state index contributed by atoms with van der Waals surface area (Å²) >= 11 is 0. The highest BCUT2D eigenvalue weighted by Crippen LogP contribution is 2.07. The Morgan fingerprint density at radius 3 is 1.97 bits per heavy atom. The van der Waals surface area contributed by atoms with Gasteiger partial charge in [0.15, 0.2) is 0 Å². The molecule has 0 unspecified atom stereocenters. The maximum atomic E-state index is 12.8. The SMILES string of the molecule is CC(C)(C)OC(=O)NCCCCCC(=O)NCCCCNC(=O)Cc1ccc(F)cc1. The molecule has 0 aromatic heterocycles.